The van der Waals surface area contributed by atoms with Gasteiger partial charge in [-0.15, -0.1) is 11.3 Å². The van der Waals surface area contributed by atoms with E-state index in [1.54, 1.807) is 41.7 Å². The van der Waals surface area contributed by atoms with E-state index in [1.807, 2.05) is 4.90 Å². The molecule has 1 N–H and O–H groups in total. The van der Waals surface area contributed by atoms with Crippen LogP contribution < -0.4 is 10.1 Å². The minimum Gasteiger partial charge on any atom is -0.490 e. The molecule has 0 saturated carbocycles. The second kappa shape index (κ2) is 8.67. The van der Waals surface area contributed by atoms with Crippen molar-refractivity contribution in [2.45, 2.75) is 19.4 Å². The lowest BCUT2D eigenvalue weighted by Gasteiger charge is -2.27. The summed E-state index contributed by atoms with van der Waals surface area (Å²) in [5.41, 5.74) is 1.79. The van der Waals surface area contributed by atoms with E-state index in [2.05, 4.69) is 23.3 Å². The highest BCUT2D eigenvalue weighted by Crippen LogP contribution is 2.24. The van der Waals surface area contributed by atoms with E-state index in [0.717, 1.165) is 13.0 Å². The normalized spacial score (nSPS) is 13.0. The average Bonchev–Trinajstić information content (AvgIpc) is 3.14. The maximum Gasteiger partial charge on any atom is 0.251 e. The lowest BCUT2D eigenvalue weighted by atomic mass is 10.1. The molecule has 26 heavy (non-hydrogen) atoms. The van der Waals surface area contributed by atoms with Crippen LogP contribution >= 0.6 is 11.3 Å². The van der Waals surface area contributed by atoms with Gasteiger partial charge >= 0.3 is 0 Å². The van der Waals surface area contributed by atoms with Crippen molar-refractivity contribution in [1.29, 1.82) is 0 Å². The van der Waals surface area contributed by atoms with E-state index in [9.17, 15) is 9.59 Å². The van der Waals surface area contributed by atoms with Crippen LogP contribution in [-0.4, -0.2) is 36.4 Å². The Labute approximate surface area is 157 Å². The largest absolute Gasteiger partial charge is 0.490 e. The summed E-state index contributed by atoms with van der Waals surface area (Å²) >= 11 is 1.75. The number of carbonyl (C=O) groups excluding carboxylic acids is 2. The molecule has 2 heterocycles. The van der Waals surface area contributed by atoms with Gasteiger partial charge in [-0.05, 0) is 47.7 Å². The third-order valence-corrected chi connectivity index (χ3v) is 5.29. The van der Waals surface area contributed by atoms with Gasteiger partial charge in [0.25, 0.3) is 5.91 Å². The number of nitrogens with zero attached hydrogens (tertiary/aromatic N) is 1. The monoisotopic (exact) mass is 370 g/mol. The topological polar surface area (TPSA) is 58.6 Å². The number of thiophene rings is 1. The van der Waals surface area contributed by atoms with Gasteiger partial charge in [0.05, 0.1) is 0 Å². The molecule has 1 aromatic heterocycles. The van der Waals surface area contributed by atoms with Crippen molar-refractivity contribution in [3.63, 3.8) is 0 Å². The second-order valence-electron chi connectivity index (χ2n) is 6.06. The number of ether oxygens (including phenoxy) is 1. The summed E-state index contributed by atoms with van der Waals surface area (Å²) < 4.78 is 5.39. The fourth-order valence-electron chi connectivity index (χ4n) is 2.86. The molecule has 0 radical (unpaired) electrons. The van der Waals surface area contributed by atoms with Crippen molar-refractivity contribution < 1.29 is 14.3 Å². The molecule has 1 aliphatic heterocycles. The highest BCUT2D eigenvalue weighted by Gasteiger charge is 2.21. The smallest absolute Gasteiger partial charge is 0.251 e. The molecule has 1 aliphatic rings. The molecule has 0 saturated heterocycles. The Morgan fingerprint density at radius 3 is 2.85 bits per heavy atom. The molecule has 2 amide bonds. The van der Waals surface area contributed by atoms with Crippen LogP contribution in [0.15, 0.2) is 48.4 Å². The summed E-state index contributed by atoms with van der Waals surface area (Å²) in [7, 11) is 0. The Bertz CT molecular complexity index is 783. The zero-order chi connectivity index (χ0) is 18.4. The average molecular weight is 370 g/mol. The van der Waals surface area contributed by atoms with E-state index >= 15 is 0 Å². The first-order chi connectivity index (χ1) is 12.7. The van der Waals surface area contributed by atoms with Crippen LogP contribution in [0.5, 0.6) is 5.75 Å². The molecule has 5 nitrogen and oxygen atoms in total. The first kappa shape index (κ1) is 18.2. The van der Waals surface area contributed by atoms with Crippen molar-refractivity contribution in [2.75, 3.05) is 19.7 Å². The van der Waals surface area contributed by atoms with Crippen molar-refractivity contribution in [1.82, 2.24) is 10.2 Å². The predicted molar refractivity (Wildman–Crippen MR) is 103 cm³/mol. The van der Waals surface area contributed by atoms with Gasteiger partial charge in [-0.3, -0.25) is 9.59 Å². The Hall–Kier alpha value is -2.60. The standard InChI is InChI=1S/C20H22N2O3S/c1-2-12-25-17-5-3-15(4-6-17)20(24)21-10-7-19(23)22-11-8-18-16(14-22)9-13-26-18/h2-6,9,13H,1,7-8,10-12,14H2,(H,21,24). The third-order valence-electron chi connectivity index (χ3n) is 4.27. The van der Waals surface area contributed by atoms with E-state index in [0.29, 0.717) is 37.4 Å². The molecule has 0 bridgehead atoms. The highest BCUT2D eigenvalue weighted by atomic mass is 32.1. The number of amides is 2. The zero-order valence-electron chi connectivity index (χ0n) is 14.6. The van der Waals surface area contributed by atoms with Crippen molar-refractivity contribution in [2.24, 2.45) is 0 Å². The van der Waals surface area contributed by atoms with Gasteiger partial charge in [0, 0.05) is 36.5 Å². The van der Waals surface area contributed by atoms with Crippen molar-refractivity contribution in [3.8, 4) is 5.75 Å². The maximum atomic E-state index is 12.3. The Kier molecular flexibility index (Phi) is 6.07. The summed E-state index contributed by atoms with van der Waals surface area (Å²) in [6, 6.07) is 8.99. The zero-order valence-corrected chi connectivity index (χ0v) is 15.4. The molecule has 2 aromatic rings. The minimum absolute atomic E-state index is 0.0790. The quantitative estimate of drug-likeness (QED) is 0.762. The molecule has 1 aromatic carbocycles. The van der Waals surface area contributed by atoms with Crippen LogP contribution in [0, 0.1) is 0 Å². The van der Waals surface area contributed by atoms with Crippen molar-refractivity contribution in [3.05, 3.63) is 64.4 Å². The third kappa shape index (κ3) is 4.52. The fourth-order valence-corrected chi connectivity index (χ4v) is 3.75. The second-order valence-corrected chi connectivity index (χ2v) is 7.06. The number of nitrogens with one attached hydrogen (secondary N) is 1. The maximum absolute atomic E-state index is 12.3. The molecule has 0 atom stereocenters. The summed E-state index contributed by atoms with van der Waals surface area (Å²) in [6.07, 6.45) is 2.90. The molecule has 0 spiro atoms. The van der Waals surface area contributed by atoms with Gasteiger partial charge < -0.3 is 15.0 Å². The first-order valence-corrected chi connectivity index (χ1v) is 9.50. The van der Waals surface area contributed by atoms with E-state index in [4.69, 9.17) is 4.74 Å². The number of hydrogen-bond acceptors (Lipinski definition) is 4. The van der Waals surface area contributed by atoms with Crippen LogP contribution in [0.25, 0.3) is 0 Å². The van der Waals surface area contributed by atoms with Gasteiger partial charge in [0.15, 0.2) is 0 Å². The van der Waals surface area contributed by atoms with Crippen LogP contribution in [0.1, 0.15) is 27.2 Å². The minimum atomic E-state index is -0.188. The van der Waals surface area contributed by atoms with Crippen LogP contribution in [0.2, 0.25) is 0 Å². The number of hydrogen-bond donors (Lipinski definition) is 1. The number of benzene rings is 1. The molecule has 6 heteroatoms. The number of carbonyl (C=O) groups is 2. The van der Waals surface area contributed by atoms with Gasteiger partial charge in [-0.2, -0.15) is 0 Å². The molecule has 0 unspecified atom stereocenters. The number of rotatable bonds is 7. The Morgan fingerprint density at radius 1 is 1.27 bits per heavy atom. The Balaban J connectivity index is 1.43. The number of fused-ring (bicyclic) bond motifs is 1. The van der Waals surface area contributed by atoms with Crippen LogP contribution in [-0.2, 0) is 17.8 Å². The van der Waals surface area contributed by atoms with Crippen LogP contribution in [0.3, 0.4) is 0 Å². The Morgan fingerprint density at radius 2 is 2.08 bits per heavy atom. The van der Waals surface area contributed by atoms with Gasteiger partial charge in [-0.1, -0.05) is 12.7 Å². The molecular weight excluding hydrogens is 348 g/mol. The molecule has 3 rings (SSSR count). The fraction of sp³-hybridized carbons (Fsp3) is 0.300. The van der Waals surface area contributed by atoms with Gasteiger partial charge in [0.2, 0.25) is 5.91 Å². The molecular formula is C20H22N2O3S. The predicted octanol–water partition coefficient (Wildman–Crippen LogP) is 3.02. The first-order valence-electron chi connectivity index (χ1n) is 8.62. The van der Waals surface area contributed by atoms with E-state index in [1.165, 1.54) is 10.4 Å². The summed E-state index contributed by atoms with van der Waals surface area (Å²) in [4.78, 5) is 27.8. The summed E-state index contributed by atoms with van der Waals surface area (Å²) in [5.74, 6) is 0.580. The van der Waals surface area contributed by atoms with E-state index < -0.39 is 0 Å². The molecule has 136 valence electrons. The molecule has 0 aliphatic carbocycles. The SMILES string of the molecule is C=CCOc1ccc(C(=O)NCCC(=O)N2CCc3sccc3C2)cc1. The lowest BCUT2D eigenvalue weighted by molar-refractivity contribution is -0.131. The lowest BCUT2D eigenvalue weighted by Crippen LogP contribution is -2.37. The van der Waals surface area contributed by atoms with Crippen molar-refractivity contribution >= 4 is 23.2 Å². The van der Waals surface area contributed by atoms with Gasteiger partial charge in [-0.25, -0.2) is 0 Å². The summed E-state index contributed by atoms with van der Waals surface area (Å²) in [6.45, 7) is 5.79. The summed E-state index contributed by atoms with van der Waals surface area (Å²) in [5, 5.41) is 4.88. The molecule has 0 fully saturated rings. The highest BCUT2D eigenvalue weighted by molar-refractivity contribution is 7.10. The van der Waals surface area contributed by atoms with Crippen LogP contribution in [0.4, 0.5) is 0 Å². The van der Waals surface area contributed by atoms with E-state index in [-0.39, 0.29) is 11.8 Å². The van der Waals surface area contributed by atoms with Gasteiger partial charge in [0.1, 0.15) is 12.4 Å².